The Kier molecular flexibility index (Phi) is 5.30. The zero-order chi connectivity index (χ0) is 15.6. The van der Waals surface area contributed by atoms with Crippen LogP contribution in [0.15, 0.2) is 6.33 Å². The highest BCUT2D eigenvalue weighted by atomic mass is 35.5. The van der Waals surface area contributed by atoms with Gasteiger partial charge in [0, 0.05) is 45.3 Å². The van der Waals surface area contributed by atoms with Gasteiger partial charge in [-0.25, -0.2) is 4.98 Å². The zero-order valence-corrected chi connectivity index (χ0v) is 14.6. The summed E-state index contributed by atoms with van der Waals surface area (Å²) in [6.07, 6.45) is 1.80. The fraction of sp³-hybridized carbons (Fsp3) is 0.800. The first-order valence-corrected chi connectivity index (χ1v) is 8.02. The molecule has 1 aromatic heterocycles. The van der Waals surface area contributed by atoms with Gasteiger partial charge in [-0.2, -0.15) is 0 Å². The highest BCUT2D eigenvalue weighted by Gasteiger charge is 2.31. The molecule has 0 amide bonds. The second kappa shape index (κ2) is 6.65. The highest BCUT2D eigenvalue weighted by Crippen LogP contribution is 2.28. The molecule has 120 valence electrons. The Bertz CT molecular complexity index is 438. The van der Waals surface area contributed by atoms with Gasteiger partial charge in [0.15, 0.2) is 5.15 Å². The Morgan fingerprint density at radius 2 is 1.90 bits per heavy atom. The van der Waals surface area contributed by atoms with E-state index in [0.717, 1.165) is 38.4 Å². The van der Waals surface area contributed by atoms with Crippen LogP contribution in [0.4, 0.5) is 0 Å². The Balaban J connectivity index is 2.11. The van der Waals surface area contributed by atoms with Crippen LogP contribution in [0.25, 0.3) is 0 Å². The first kappa shape index (κ1) is 16.7. The number of aromatic nitrogens is 2. The molecule has 1 aromatic rings. The van der Waals surface area contributed by atoms with Gasteiger partial charge in [-0.1, -0.05) is 11.6 Å². The molecule has 1 aliphatic heterocycles. The second-order valence-corrected chi connectivity index (χ2v) is 7.16. The molecular weight excluding hydrogens is 286 g/mol. The summed E-state index contributed by atoms with van der Waals surface area (Å²) in [5.41, 5.74) is 1.35. The van der Waals surface area contributed by atoms with Gasteiger partial charge >= 0.3 is 0 Å². The summed E-state index contributed by atoms with van der Waals surface area (Å²) in [4.78, 5) is 9.29. The fourth-order valence-corrected chi connectivity index (χ4v) is 3.38. The molecule has 21 heavy (non-hydrogen) atoms. The maximum absolute atomic E-state index is 6.30. The van der Waals surface area contributed by atoms with E-state index in [4.69, 9.17) is 11.6 Å². The van der Waals surface area contributed by atoms with Crippen LogP contribution in [0.3, 0.4) is 0 Å². The van der Waals surface area contributed by atoms with Gasteiger partial charge in [0.05, 0.1) is 18.1 Å². The minimum atomic E-state index is 0.245. The highest BCUT2D eigenvalue weighted by molar-refractivity contribution is 6.30. The second-order valence-electron chi connectivity index (χ2n) is 6.80. The number of rotatable bonds is 4. The summed E-state index contributed by atoms with van der Waals surface area (Å²) in [7, 11) is 4.00. The van der Waals surface area contributed by atoms with Crippen LogP contribution in [-0.2, 0) is 7.05 Å². The molecule has 1 unspecified atom stereocenters. The normalized spacial score (nSPS) is 19.9. The van der Waals surface area contributed by atoms with Crippen LogP contribution in [0.2, 0.25) is 5.15 Å². The summed E-state index contributed by atoms with van der Waals surface area (Å²) in [5, 5.41) is 3.92. The summed E-state index contributed by atoms with van der Waals surface area (Å²) in [6.45, 7) is 12.0. The van der Waals surface area contributed by atoms with E-state index < -0.39 is 0 Å². The number of hydrogen-bond acceptors (Lipinski definition) is 4. The molecule has 1 fully saturated rings. The molecule has 0 aliphatic carbocycles. The molecule has 6 heteroatoms. The van der Waals surface area contributed by atoms with E-state index in [1.54, 1.807) is 6.33 Å². The number of nitrogens with one attached hydrogen (secondary N) is 1. The lowest BCUT2D eigenvalue weighted by Crippen LogP contribution is -2.55. The van der Waals surface area contributed by atoms with Crippen molar-refractivity contribution in [2.75, 3.05) is 39.8 Å². The maximum Gasteiger partial charge on any atom is 0.151 e. The predicted molar refractivity (Wildman–Crippen MR) is 87.8 cm³/mol. The Labute approximate surface area is 133 Å². The van der Waals surface area contributed by atoms with E-state index in [9.17, 15) is 0 Å². The standard InChI is InChI=1S/C15H28ClN5/c1-15(2,3)21-8-6-20(7-9-21)12(10-17-4)13-14(16)18-11-19(13)5/h11-12,17H,6-10H2,1-5H3. The minimum absolute atomic E-state index is 0.245. The lowest BCUT2D eigenvalue weighted by Gasteiger charge is -2.44. The molecule has 0 spiro atoms. The van der Waals surface area contributed by atoms with Gasteiger partial charge in [-0.3, -0.25) is 9.80 Å². The number of imidazole rings is 1. The molecule has 1 saturated heterocycles. The topological polar surface area (TPSA) is 36.3 Å². The summed E-state index contributed by atoms with van der Waals surface area (Å²) in [6, 6.07) is 0.275. The number of halogens is 1. The van der Waals surface area contributed by atoms with Crippen molar-refractivity contribution in [2.45, 2.75) is 32.4 Å². The molecule has 2 heterocycles. The summed E-state index contributed by atoms with van der Waals surface area (Å²) in [5.74, 6) is 0. The van der Waals surface area contributed by atoms with Gasteiger partial charge in [0.2, 0.25) is 0 Å². The molecule has 0 bridgehead atoms. The van der Waals surface area contributed by atoms with Gasteiger partial charge < -0.3 is 9.88 Å². The summed E-state index contributed by atoms with van der Waals surface area (Å²) >= 11 is 6.30. The Morgan fingerprint density at radius 1 is 1.29 bits per heavy atom. The monoisotopic (exact) mass is 313 g/mol. The van der Waals surface area contributed by atoms with Crippen LogP contribution in [0, 0.1) is 0 Å². The van der Waals surface area contributed by atoms with Crippen molar-refractivity contribution in [3.63, 3.8) is 0 Å². The van der Waals surface area contributed by atoms with Crippen molar-refractivity contribution < 1.29 is 0 Å². The molecule has 1 aliphatic rings. The number of aryl methyl sites for hydroxylation is 1. The largest absolute Gasteiger partial charge is 0.335 e. The van der Waals surface area contributed by atoms with E-state index in [0.29, 0.717) is 5.15 Å². The van der Waals surface area contributed by atoms with E-state index in [-0.39, 0.29) is 11.6 Å². The molecule has 1 N–H and O–H groups in total. The van der Waals surface area contributed by atoms with Gasteiger partial charge in [-0.05, 0) is 27.8 Å². The molecule has 0 aromatic carbocycles. The summed E-state index contributed by atoms with van der Waals surface area (Å²) < 4.78 is 2.04. The lowest BCUT2D eigenvalue weighted by molar-refractivity contribution is 0.0405. The van der Waals surface area contributed by atoms with E-state index in [2.05, 4.69) is 40.9 Å². The van der Waals surface area contributed by atoms with E-state index in [1.807, 2.05) is 18.7 Å². The SMILES string of the molecule is CNCC(c1c(Cl)ncn1C)N1CCN(C(C)(C)C)CC1. The molecule has 0 radical (unpaired) electrons. The van der Waals surface area contributed by atoms with E-state index in [1.165, 1.54) is 0 Å². The van der Waals surface area contributed by atoms with Crippen molar-refractivity contribution in [3.05, 3.63) is 17.2 Å². The zero-order valence-electron chi connectivity index (χ0n) is 13.9. The third kappa shape index (κ3) is 3.77. The lowest BCUT2D eigenvalue weighted by atomic mass is 10.0. The first-order chi connectivity index (χ1) is 9.84. The number of likely N-dealkylation sites (N-methyl/N-ethyl adjacent to an activating group) is 1. The third-order valence-electron chi connectivity index (χ3n) is 4.35. The minimum Gasteiger partial charge on any atom is -0.335 e. The molecule has 0 saturated carbocycles. The fourth-order valence-electron chi connectivity index (χ4n) is 3.08. The maximum atomic E-state index is 6.30. The van der Waals surface area contributed by atoms with Crippen LogP contribution >= 0.6 is 11.6 Å². The molecule has 2 rings (SSSR count). The van der Waals surface area contributed by atoms with Gasteiger partial charge in [0.25, 0.3) is 0 Å². The van der Waals surface area contributed by atoms with Crippen LogP contribution in [0.5, 0.6) is 0 Å². The van der Waals surface area contributed by atoms with Crippen LogP contribution in [0.1, 0.15) is 32.5 Å². The third-order valence-corrected chi connectivity index (χ3v) is 4.64. The number of nitrogens with zero attached hydrogens (tertiary/aromatic N) is 4. The van der Waals surface area contributed by atoms with Gasteiger partial charge in [0.1, 0.15) is 0 Å². The number of piperazine rings is 1. The van der Waals surface area contributed by atoms with Crippen molar-refractivity contribution in [2.24, 2.45) is 7.05 Å². The van der Waals surface area contributed by atoms with Crippen LogP contribution in [-0.4, -0.2) is 64.7 Å². The Hall–Kier alpha value is -0.620. The van der Waals surface area contributed by atoms with Gasteiger partial charge in [-0.15, -0.1) is 0 Å². The first-order valence-electron chi connectivity index (χ1n) is 7.65. The predicted octanol–water partition coefficient (Wildman–Crippen LogP) is 1.75. The quantitative estimate of drug-likeness (QED) is 0.919. The Morgan fingerprint density at radius 3 is 2.33 bits per heavy atom. The smallest absolute Gasteiger partial charge is 0.151 e. The molecule has 5 nitrogen and oxygen atoms in total. The van der Waals surface area contributed by atoms with Crippen molar-refractivity contribution in [1.29, 1.82) is 0 Å². The average molecular weight is 314 g/mol. The van der Waals surface area contributed by atoms with Crippen molar-refractivity contribution in [3.8, 4) is 0 Å². The number of hydrogen-bond donors (Lipinski definition) is 1. The molecule has 1 atom stereocenters. The van der Waals surface area contributed by atoms with E-state index >= 15 is 0 Å². The van der Waals surface area contributed by atoms with Crippen LogP contribution < -0.4 is 5.32 Å². The van der Waals surface area contributed by atoms with Crippen molar-refractivity contribution >= 4 is 11.6 Å². The van der Waals surface area contributed by atoms with Crippen molar-refractivity contribution in [1.82, 2.24) is 24.7 Å². The molecular formula is C15H28ClN5. The average Bonchev–Trinajstić information content (AvgIpc) is 2.75.